The highest BCUT2D eigenvalue weighted by Crippen LogP contribution is 2.45. The average Bonchev–Trinajstić information content (AvgIpc) is 2.73. The lowest BCUT2D eigenvalue weighted by Crippen LogP contribution is -2.19. The van der Waals surface area contributed by atoms with E-state index < -0.39 is 5.97 Å². The van der Waals surface area contributed by atoms with Crippen molar-refractivity contribution in [2.45, 2.75) is 105 Å². The molecule has 34 heavy (non-hydrogen) atoms. The van der Waals surface area contributed by atoms with Crippen LogP contribution in [-0.4, -0.2) is 11.1 Å². The van der Waals surface area contributed by atoms with E-state index in [1.165, 1.54) is 17.2 Å². The largest absolute Gasteiger partial charge is 0.507 e. The van der Waals surface area contributed by atoms with E-state index in [0.717, 1.165) is 47.9 Å². The zero-order chi connectivity index (χ0) is 25.8. The van der Waals surface area contributed by atoms with Gasteiger partial charge in [-0.2, -0.15) is 0 Å². The highest BCUT2D eigenvalue weighted by molar-refractivity contribution is 5.84. The van der Waals surface area contributed by atoms with Crippen molar-refractivity contribution < 1.29 is 14.6 Å². The summed E-state index contributed by atoms with van der Waals surface area (Å²) in [6.07, 6.45) is 5.15. The van der Waals surface area contributed by atoms with Gasteiger partial charge in [-0.1, -0.05) is 106 Å². The van der Waals surface area contributed by atoms with Crippen molar-refractivity contribution in [2.75, 3.05) is 0 Å². The van der Waals surface area contributed by atoms with E-state index in [-0.39, 0.29) is 16.7 Å². The van der Waals surface area contributed by atoms with Gasteiger partial charge in [-0.15, -0.1) is 0 Å². The molecule has 2 rings (SSSR count). The van der Waals surface area contributed by atoms with Crippen LogP contribution in [0.3, 0.4) is 0 Å². The zero-order valence-corrected chi connectivity index (χ0v) is 22.8. The first kappa shape index (κ1) is 27.7. The minimum absolute atomic E-state index is 0.163. The van der Waals surface area contributed by atoms with E-state index in [1.54, 1.807) is 0 Å². The molecular weight excluding hydrogens is 420 g/mol. The van der Waals surface area contributed by atoms with Crippen LogP contribution in [-0.2, 0) is 28.5 Å². The number of aryl methyl sites for hydroxylation is 2. The molecule has 3 nitrogen and oxygen atoms in total. The lowest BCUT2D eigenvalue weighted by atomic mass is 9.78. The van der Waals surface area contributed by atoms with Crippen LogP contribution in [0.4, 0.5) is 0 Å². The lowest BCUT2D eigenvalue weighted by Gasteiger charge is -2.29. The Bertz CT molecular complexity index is 1030. The Morgan fingerprint density at radius 2 is 1.38 bits per heavy atom. The molecule has 0 spiro atoms. The maximum atomic E-state index is 12.4. The third kappa shape index (κ3) is 6.31. The number of phenols is 1. The summed E-state index contributed by atoms with van der Waals surface area (Å²) in [5, 5.41) is 11.4. The molecule has 2 aromatic rings. The second-order valence-electron chi connectivity index (χ2n) is 11.5. The Morgan fingerprint density at radius 3 is 1.82 bits per heavy atom. The summed E-state index contributed by atoms with van der Waals surface area (Å²) in [5.74, 6) is 0.284. The van der Waals surface area contributed by atoms with Gasteiger partial charge in [0.25, 0.3) is 0 Å². The molecule has 1 unspecified atom stereocenters. The second-order valence-corrected chi connectivity index (χ2v) is 11.5. The van der Waals surface area contributed by atoms with E-state index in [0.29, 0.717) is 11.5 Å². The minimum Gasteiger partial charge on any atom is -0.507 e. The summed E-state index contributed by atoms with van der Waals surface area (Å²) >= 11 is 0. The van der Waals surface area contributed by atoms with Crippen molar-refractivity contribution in [1.82, 2.24) is 0 Å². The fourth-order valence-electron chi connectivity index (χ4n) is 4.50. The van der Waals surface area contributed by atoms with Crippen LogP contribution in [0.1, 0.15) is 114 Å². The van der Waals surface area contributed by atoms with E-state index in [2.05, 4.69) is 93.2 Å². The van der Waals surface area contributed by atoms with Gasteiger partial charge in [0.05, 0.1) is 0 Å². The predicted octanol–water partition coefficient (Wildman–Crippen LogP) is 8.14. The van der Waals surface area contributed by atoms with Gasteiger partial charge >= 0.3 is 5.97 Å². The molecule has 0 aliphatic carbocycles. The maximum absolute atomic E-state index is 12.4. The molecule has 0 fully saturated rings. The van der Waals surface area contributed by atoms with Crippen LogP contribution >= 0.6 is 0 Å². The number of carbonyl (C=O) groups excluding carboxylic acids is 1. The summed E-state index contributed by atoms with van der Waals surface area (Å²) < 4.78 is 5.90. The van der Waals surface area contributed by atoms with Crippen molar-refractivity contribution in [3.63, 3.8) is 0 Å². The first-order valence-corrected chi connectivity index (χ1v) is 12.6. The highest BCUT2D eigenvalue weighted by atomic mass is 16.5. The minimum atomic E-state index is -0.471. The van der Waals surface area contributed by atoms with Crippen molar-refractivity contribution in [2.24, 2.45) is 0 Å². The van der Waals surface area contributed by atoms with Crippen LogP contribution in [0.15, 0.2) is 36.9 Å². The number of esters is 1. The number of phenolic OH excluding ortho intramolecular Hbond substituents is 1. The van der Waals surface area contributed by atoms with E-state index in [1.807, 2.05) is 0 Å². The molecule has 1 N–H and O–H groups in total. The van der Waals surface area contributed by atoms with Crippen molar-refractivity contribution in [3.8, 4) is 11.5 Å². The van der Waals surface area contributed by atoms with E-state index in [9.17, 15) is 9.90 Å². The Kier molecular flexibility index (Phi) is 8.80. The predicted molar refractivity (Wildman–Crippen MR) is 143 cm³/mol. The monoisotopic (exact) mass is 464 g/mol. The van der Waals surface area contributed by atoms with Crippen LogP contribution in [0.2, 0.25) is 0 Å². The van der Waals surface area contributed by atoms with Gasteiger partial charge in [-0.3, -0.25) is 0 Å². The summed E-state index contributed by atoms with van der Waals surface area (Å²) in [4.78, 5) is 12.4. The van der Waals surface area contributed by atoms with Crippen molar-refractivity contribution >= 4 is 5.97 Å². The summed E-state index contributed by atoms with van der Waals surface area (Å²) in [7, 11) is 0. The second kappa shape index (κ2) is 10.8. The molecule has 3 heteroatoms. The van der Waals surface area contributed by atoms with Gasteiger partial charge in [0.1, 0.15) is 11.5 Å². The highest BCUT2D eigenvalue weighted by Gasteiger charge is 2.29. The average molecular weight is 465 g/mol. The molecule has 0 radical (unpaired) electrons. The number of benzene rings is 2. The number of carbonyl (C=O) groups is 1. The third-order valence-corrected chi connectivity index (χ3v) is 6.37. The fraction of sp³-hybridized carbons (Fsp3) is 0.516. The fourth-order valence-corrected chi connectivity index (χ4v) is 4.50. The van der Waals surface area contributed by atoms with Crippen molar-refractivity contribution in [1.29, 1.82) is 0 Å². The van der Waals surface area contributed by atoms with Crippen LogP contribution < -0.4 is 4.74 Å². The third-order valence-electron chi connectivity index (χ3n) is 6.37. The number of rotatable bonds is 8. The van der Waals surface area contributed by atoms with Crippen molar-refractivity contribution in [3.05, 3.63) is 70.3 Å². The summed E-state index contributed by atoms with van der Waals surface area (Å²) in [6.45, 7) is 22.8. The van der Waals surface area contributed by atoms with Gasteiger partial charge in [0.2, 0.25) is 0 Å². The Hall–Kier alpha value is -2.55. The van der Waals surface area contributed by atoms with E-state index in [4.69, 9.17) is 4.74 Å². The van der Waals surface area contributed by atoms with Crippen LogP contribution in [0.5, 0.6) is 11.5 Å². The molecule has 1 atom stereocenters. The topological polar surface area (TPSA) is 46.5 Å². The quantitative estimate of drug-likeness (QED) is 0.244. The molecular formula is C31H44O3. The zero-order valence-electron chi connectivity index (χ0n) is 22.8. The van der Waals surface area contributed by atoms with Gasteiger partial charge in [-0.25, -0.2) is 4.79 Å². The van der Waals surface area contributed by atoms with E-state index >= 15 is 0 Å². The molecule has 2 aromatic carbocycles. The number of hydrogen-bond acceptors (Lipinski definition) is 3. The Labute approximate surface area is 207 Å². The molecule has 0 aromatic heterocycles. The SMILES string of the molecule is C=CC(=O)Oc1c(C(C)c2cc(CCC)cc(C(C)(C)C)c2O)cc(CCC)cc1C(C)(C)C. The number of ether oxygens (including phenoxy) is 1. The molecule has 0 bridgehead atoms. The molecule has 0 heterocycles. The van der Waals surface area contributed by atoms with Gasteiger partial charge in [0, 0.05) is 28.7 Å². The van der Waals surface area contributed by atoms with Gasteiger partial charge in [0.15, 0.2) is 0 Å². The molecule has 186 valence electrons. The Morgan fingerprint density at radius 1 is 0.912 bits per heavy atom. The van der Waals surface area contributed by atoms with Gasteiger partial charge in [-0.05, 0) is 40.4 Å². The molecule has 0 saturated carbocycles. The maximum Gasteiger partial charge on any atom is 0.335 e. The number of hydrogen-bond donors (Lipinski definition) is 1. The Balaban J connectivity index is 2.88. The first-order chi connectivity index (χ1) is 15.7. The normalized spacial score (nSPS) is 13.0. The molecule has 0 saturated heterocycles. The lowest BCUT2D eigenvalue weighted by molar-refractivity contribution is -0.129. The summed E-state index contributed by atoms with van der Waals surface area (Å²) in [6, 6.07) is 8.58. The summed E-state index contributed by atoms with van der Waals surface area (Å²) in [5.41, 5.74) is 5.76. The van der Waals surface area contributed by atoms with Gasteiger partial charge < -0.3 is 9.84 Å². The molecule has 0 aliphatic rings. The smallest absolute Gasteiger partial charge is 0.335 e. The van der Waals surface area contributed by atoms with Crippen LogP contribution in [0, 0.1) is 0 Å². The van der Waals surface area contributed by atoms with Crippen LogP contribution in [0.25, 0.3) is 0 Å². The standard InChI is InChI=1S/C31H44O3/c1-11-14-21-16-23(28(33)25(18-21)30(5,6)7)20(4)24-17-22(15-12-2)19-26(31(8,9)10)29(24)34-27(32)13-3/h13,16-20,33H,3,11-12,14-15H2,1-2,4-10H3. The number of aromatic hydroxyl groups is 1. The molecule has 0 aliphatic heterocycles. The molecule has 0 amide bonds. The first-order valence-electron chi connectivity index (χ1n) is 12.6.